The summed E-state index contributed by atoms with van der Waals surface area (Å²) in [7, 11) is 0. The summed E-state index contributed by atoms with van der Waals surface area (Å²) in [6, 6.07) is 1.95. The maximum atomic E-state index is 11.9. The maximum absolute atomic E-state index is 11.9. The molecule has 1 aliphatic rings. The second kappa shape index (κ2) is 6.31. The summed E-state index contributed by atoms with van der Waals surface area (Å²) >= 11 is 0. The molecule has 2 heterocycles. The molecule has 1 N–H and O–H groups in total. The molecule has 5 heteroatoms. The minimum atomic E-state index is -0.422. The average Bonchev–Trinajstić information content (AvgIpc) is 2.97. The third-order valence-electron chi connectivity index (χ3n) is 3.28. The number of hydrogen-bond acceptors (Lipinski definition) is 4. The van der Waals surface area contributed by atoms with E-state index >= 15 is 0 Å². The molecule has 5 nitrogen and oxygen atoms in total. The number of likely N-dealkylation sites (tertiary alicyclic amines) is 1. The van der Waals surface area contributed by atoms with Gasteiger partial charge in [-0.05, 0) is 39.2 Å². The van der Waals surface area contributed by atoms with E-state index in [1.165, 1.54) is 0 Å². The van der Waals surface area contributed by atoms with E-state index in [0.29, 0.717) is 5.92 Å². The second-order valence-corrected chi connectivity index (χ2v) is 6.34. The van der Waals surface area contributed by atoms with Gasteiger partial charge in [0.25, 0.3) is 0 Å². The Kier molecular flexibility index (Phi) is 4.70. The van der Waals surface area contributed by atoms with E-state index in [0.717, 1.165) is 38.2 Å². The van der Waals surface area contributed by atoms with Crippen LogP contribution in [0.4, 0.5) is 4.79 Å². The van der Waals surface area contributed by atoms with Crippen LogP contribution < -0.4 is 5.32 Å². The quantitative estimate of drug-likeness (QED) is 0.921. The number of ether oxygens (including phenoxy) is 1. The van der Waals surface area contributed by atoms with Crippen LogP contribution in [-0.4, -0.2) is 36.2 Å². The molecule has 1 amide bonds. The van der Waals surface area contributed by atoms with Crippen LogP contribution in [0.2, 0.25) is 0 Å². The topological polar surface area (TPSA) is 54.7 Å². The smallest absolute Gasteiger partial charge is 0.410 e. The number of carbonyl (C=O) groups excluding carboxylic acids is 1. The lowest BCUT2D eigenvalue weighted by Gasteiger charge is -2.24. The zero-order valence-electron chi connectivity index (χ0n) is 12.5. The van der Waals surface area contributed by atoms with Crippen molar-refractivity contribution in [1.82, 2.24) is 10.2 Å². The first kappa shape index (κ1) is 14.9. The first-order valence-corrected chi connectivity index (χ1v) is 7.14. The van der Waals surface area contributed by atoms with Gasteiger partial charge in [0.2, 0.25) is 0 Å². The molecule has 1 aliphatic heterocycles. The Labute approximate surface area is 120 Å². The Bertz CT molecular complexity index is 423. The van der Waals surface area contributed by atoms with E-state index < -0.39 is 5.60 Å². The number of nitrogens with one attached hydrogen (secondary N) is 1. The van der Waals surface area contributed by atoms with E-state index in [1.54, 1.807) is 17.4 Å². The SMILES string of the molecule is CC(C)(C)OC(=O)N1CCC(CNCc2ccoc2)C1. The zero-order valence-corrected chi connectivity index (χ0v) is 12.5. The fourth-order valence-electron chi connectivity index (χ4n) is 2.31. The molecule has 1 aromatic rings. The molecule has 20 heavy (non-hydrogen) atoms. The van der Waals surface area contributed by atoms with Crippen molar-refractivity contribution in [2.75, 3.05) is 19.6 Å². The normalized spacial score (nSPS) is 19.4. The molecule has 1 aromatic heterocycles. The van der Waals surface area contributed by atoms with E-state index in [1.807, 2.05) is 26.8 Å². The van der Waals surface area contributed by atoms with Crippen molar-refractivity contribution in [2.45, 2.75) is 39.3 Å². The lowest BCUT2D eigenvalue weighted by molar-refractivity contribution is 0.0288. The summed E-state index contributed by atoms with van der Waals surface area (Å²) in [4.78, 5) is 13.7. The van der Waals surface area contributed by atoms with Crippen LogP contribution in [0.15, 0.2) is 23.0 Å². The molecule has 1 saturated heterocycles. The van der Waals surface area contributed by atoms with E-state index in [4.69, 9.17) is 9.15 Å². The van der Waals surface area contributed by atoms with Crippen LogP contribution >= 0.6 is 0 Å². The van der Waals surface area contributed by atoms with Crippen LogP contribution in [0, 0.1) is 5.92 Å². The molecular weight excluding hydrogens is 256 g/mol. The molecule has 1 atom stereocenters. The van der Waals surface area contributed by atoms with Gasteiger partial charge in [0.15, 0.2) is 0 Å². The fourth-order valence-corrected chi connectivity index (χ4v) is 2.31. The molecular formula is C15H24N2O3. The molecule has 0 aliphatic carbocycles. The molecule has 0 aromatic carbocycles. The van der Waals surface area contributed by atoms with Crippen molar-refractivity contribution in [3.8, 4) is 0 Å². The summed E-state index contributed by atoms with van der Waals surface area (Å²) in [6.45, 7) is 8.95. The molecule has 1 unspecified atom stereocenters. The molecule has 0 saturated carbocycles. The lowest BCUT2D eigenvalue weighted by atomic mass is 10.1. The predicted molar refractivity (Wildman–Crippen MR) is 76.3 cm³/mol. The number of hydrogen-bond donors (Lipinski definition) is 1. The summed E-state index contributed by atoms with van der Waals surface area (Å²) in [6.07, 6.45) is 4.25. The van der Waals surface area contributed by atoms with Gasteiger partial charge in [-0.25, -0.2) is 4.79 Å². The van der Waals surface area contributed by atoms with Crippen LogP contribution in [0.1, 0.15) is 32.8 Å². The Balaban J connectivity index is 1.68. The maximum Gasteiger partial charge on any atom is 0.410 e. The van der Waals surface area contributed by atoms with E-state index in [2.05, 4.69) is 5.32 Å². The fraction of sp³-hybridized carbons (Fsp3) is 0.667. The molecule has 0 bridgehead atoms. The highest BCUT2D eigenvalue weighted by Crippen LogP contribution is 2.19. The van der Waals surface area contributed by atoms with Gasteiger partial charge < -0.3 is 19.4 Å². The Morgan fingerprint density at radius 3 is 3.00 bits per heavy atom. The standard InChI is InChI=1S/C15H24N2O3/c1-15(2,3)20-14(18)17-6-4-12(10-17)8-16-9-13-5-7-19-11-13/h5,7,11-12,16H,4,6,8-10H2,1-3H3. The minimum Gasteiger partial charge on any atom is -0.472 e. The van der Waals surface area contributed by atoms with Gasteiger partial charge in [-0.3, -0.25) is 0 Å². The first-order chi connectivity index (χ1) is 9.44. The lowest BCUT2D eigenvalue weighted by Crippen LogP contribution is -2.36. The van der Waals surface area contributed by atoms with Gasteiger partial charge in [0.1, 0.15) is 5.60 Å². The molecule has 112 valence electrons. The number of amides is 1. The van der Waals surface area contributed by atoms with Crippen LogP contribution in [0.25, 0.3) is 0 Å². The molecule has 0 spiro atoms. The Hall–Kier alpha value is -1.49. The van der Waals surface area contributed by atoms with Crippen molar-refractivity contribution in [3.05, 3.63) is 24.2 Å². The largest absolute Gasteiger partial charge is 0.472 e. The summed E-state index contributed by atoms with van der Waals surface area (Å²) in [5, 5.41) is 3.40. The van der Waals surface area contributed by atoms with Crippen LogP contribution in [0.5, 0.6) is 0 Å². The number of nitrogens with zero attached hydrogens (tertiary/aromatic N) is 1. The number of carbonyl (C=O) groups is 1. The highest BCUT2D eigenvalue weighted by atomic mass is 16.6. The molecule has 2 rings (SSSR count). The van der Waals surface area contributed by atoms with Gasteiger partial charge in [-0.15, -0.1) is 0 Å². The Morgan fingerprint density at radius 1 is 1.55 bits per heavy atom. The predicted octanol–water partition coefficient (Wildman–Crippen LogP) is 2.63. The molecule has 1 fully saturated rings. The summed E-state index contributed by atoms with van der Waals surface area (Å²) in [5.41, 5.74) is 0.723. The average molecular weight is 280 g/mol. The van der Waals surface area contributed by atoms with Crippen molar-refractivity contribution < 1.29 is 13.9 Å². The summed E-state index contributed by atoms with van der Waals surface area (Å²) < 4.78 is 10.4. The van der Waals surface area contributed by atoms with Gasteiger partial charge in [0.05, 0.1) is 12.5 Å². The highest BCUT2D eigenvalue weighted by molar-refractivity contribution is 5.68. The number of furan rings is 1. The zero-order chi connectivity index (χ0) is 14.6. The third-order valence-corrected chi connectivity index (χ3v) is 3.28. The van der Waals surface area contributed by atoms with E-state index in [9.17, 15) is 4.79 Å². The van der Waals surface area contributed by atoms with Crippen molar-refractivity contribution >= 4 is 6.09 Å². The van der Waals surface area contributed by atoms with Gasteiger partial charge in [-0.1, -0.05) is 0 Å². The van der Waals surface area contributed by atoms with Crippen molar-refractivity contribution in [3.63, 3.8) is 0 Å². The van der Waals surface area contributed by atoms with Crippen molar-refractivity contribution in [1.29, 1.82) is 0 Å². The van der Waals surface area contributed by atoms with Gasteiger partial charge in [0, 0.05) is 31.7 Å². The summed E-state index contributed by atoms with van der Waals surface area (Å²) in [5.74, 6) is 0.495. The first-order valence-electron chi connectivity index (χ1n) is 7.14. The second-order valence-electron chi connectivity index (χ2n) is 6.34. The Morgan fingerprint density at radius 2 is 2.35 bits per heavy atom. The number of rotatable bonds is 4. The van der Waals surface area contributed by atoms with Crippen LogP contribution in [-0.2, 0) is 11.3 Å². The molecule has 0 radical (unpaired) electrons. The van der Waals surface area contributed by atoms with Gasteiger partial charge >= 0.3 is 6.09 Å². The van der Waals surface area contributed by atoms with Crippen LogP contribution in [0.3, 0.4) is 0 Å². The monoisotopic (exact) mass is 280 g/mol. The van der Waals surface area contributed by atoms with E-state index in [-0.39, 0.29) is 6.09 Å². The van der Waals surface area contributed by atoms with Gasteiger partial charge in [-0.2, -0.15) is 0 Å². The van der Waals surface area contributed by atoms with Crippen molar-refractivity contribution in [2.24, 2.45) is 5.92 Å². The minimum absolute atomic E-state index is 0.199. The third kappa shape index (κ3) is 4.56. The highest BCUT2D eigenvalue weighted by Gasteiger charge is 2.29.